The molecule has 11 heavy (non-hydrogen) atoms. The topological polar surface area (TPSA) is 9.23 Å². The molecule has 1 saturated heterocycles. The van der Waals surface area contributed by atoms with Crippen molar-refractivity contribution in [2.24, 2.45) is 5.92 Å². The molecule has 1 aliphatic rings. The summed E-state index contributed by atoms with van der Waals surface area (Å²) >= 11 is 0. The van der Waals surface area contributed by atoms with Gasteiger partial charge in [0.2, 0.25) is 0 Å². The number of hydrogen-bond donors (Lipinski definition) is 0. The van der Waals surface area contributed by atoms with E-state index in [2.05, 4.69) is 13.8 Å². The number of unbranched alkanes of at least 4 members (excludes halogenated alkanes) is 3. The Hall–Kier alpha value is -0.0400. The van der Waals surface area contributed by atoms with Crippen molar-refractivity contribution in [2.45, 2.75) is 52.1 Å². The van der Waals surface area contributed by atoms with E-state index in [4.69, 9.17) is 4.74 Å². The average molecular weight is 156 g/mol. The lowest BCUT2D eigenvalue weighted by atomic mass is 9.93. The van der Waals surface area contributed by atoms with E-state index in [0.29, 0.717) is 6.10 Å². The first-order valence-corrected chi connectivity index (χ1v) is 4.96. The summed E-state index contributed by atoms with van der Waals surface area (Å²) in [6, 6.07) is 0. The second-order valence-corrected chi connectivity index (χ2v) is 3.65. The lowest BCUT2D eigenvalue weighted by molar-refractivity contribution is -0.106. The van der Waals surface area contributed by atoms with Gasteiger partial charge in [-0.1, -0.05) is 32.6 Å². The van der Waals surface area contributed by atoms with Crippen LogP contribution in [0.4, 0.5) is 0 Å². The third-order valence-corrected chi connectivity index (χ3v) is 2.67. The second-order valence-electron chi connectivity index (χ2n) is 3.65. The molecule has 0 spiro atoms. The van der Waals surface area contributed by atoms with Crippen molar-refractivity contribution < 1.29 is 4.74 Å². The predicted octanol–water partition coefficient (Wildman–Crippen LogP) is 2.99. The summed E-state index contributed by atoms with van der Waals surface area (Å²) in [6.07, 6.45) is 7.52. The maximum Gasteiger partial charge on any atom is 0.0597 e. The molecular weight excluding hydrogens is 136 g/mol. The van der Waals surface area contributed by atoms with Crippen LogP contribution in [0.1, 0.15) is 46.0 Å². The van der Waals surface area contributed by atoms with Crippen molar-refractivity contribution in [1.82, 2.24) is 0 Å². The summed E-state index contributed by atoms with van der Waals surface area (Å²) in [5.41, 5.74) is 0. The molecule has 1 rings (SSSR count). The van der Waals surface area contributed by atoms with E-state index in [1.165, 1.54) is 32.1 Å². The molecule has 2 atom stereocenters. The van der Waals surface area contributed by atoms with E-state index >= 15 is 0 Å². The Balaban J connectivity index is 1.87. The molecule has 0 unspecified atom stereocenters. The molecule has 0 bridgehead atoms. The van der Waals surface area contributed by atoms with Crippen molar-refractivity contribution in [3.05, 3.63) is 0 Å². The van der Waals surface area contributed by atoms with Gasteiger partial charge < -0.3 is 4.74 Å². The third-order valence-electron chi connectivity index (χ3n) is 2.67. The second kappa shape index (κ2) is 4.76. The molecular formula is C10H20O. The van der Waals surface area contributed by atoms with Gasteiger partial charge in [0.15, 0.2) is 0 Å². The molecule has 1 nitrogen and oxygen atoms in total. The molecule has 1 fully saturated rings. The summed E-state index contributed by atoms with van der Waals surface area (Å²) < 4.78 is 5.30. The van der Waals surface area contributed by atoms with Crippen LogP contribution in [0.15, 0.2) is 0 Å². The van der Waals surface area contributed by atoms with Crippen molar-refractivity contribution in [3.63, 3.8) is 0 Å². The van der Waals surface area contributed by atoms with Gasteiger partial charge >= 0.3 is 0 Å². The van der Waals surface area contributed by atoms with Crippen LogP contribution >= 0.6 is 0 Å². The quantitative estimate of drug-likeness (QED) is 0.556. The molecule has 0 saturated carbocycles. The molecule has 1 heterocycles. The maximum atomic E-state index is 5.30. The molecule has 0 radical (unpaired) electrons. The van der Waals surface area contributed by atoms with Gasteiger partial charge in [0.05, 0.1) is 12.7 Å². The molecule has 0 N–H and O–H groups in total. The van der Waals surface area contributed by atoms with Crippen LogP contribution in [-0.2, 0) is 4.74 Å². The standard InChI is InChI=1S/C10H20O/c1-3-4-5-6-7-10-8-11-9(10)2/h9-10H,3-8H2,1-2H3/t9-,10-/m0/s1. The Kier molecular flexibility index (Phi) is 3.92. The maximum absolute atomic E-state index is 5.30. The van der Waals surface area contributed by atoms with Crippen LogP contribution in [0.3, 0.4) is 0 Å². The van der Waals surface area contributed by atoms with Gasteiger partial charge in [-0.15, -0.1) is 0 Å². The molecule has 0 amide bonds. The van der Waals surface area contributed by atoms with Gasteiger partial charge in [-0.3, -0.25) is 0 Å². The highest BCUT2D eigenvalue weighted by Gasteiger charge is 2.26. The van der Waals surface area contributed by atoms with Crippen molar-refractivity contribution in [2.75, 3.05) is 6.61 Å². The first-order chi connectivity index (χ1) is 5.34. The SMILES string of the molecule is CCCCCC[C@H]1CO[C@H]1C. The smallest absolute Gasteiger partial charge is 0.0597 e. The van der Waals surface area contributed by atoms with Crippen LogP contribution in [0.5, 0.6) is 0 Å². The molecule has 0 aliphatic carbocycles. The zero-order valence-corrected chi connectivity index (χ0v) is 7.81. The summed E-state index contributed by atoms with van der Waals surface area (Å²) in [6.45, 7) is 5.47. The van der Waals surface area contributed by atoms with Crippen LogP contribution in [0.2, 0.25) is 0 Å². The zero-order valence-electron chi connectivity index (χ0n) is 7.81. The van der Waals surface area contributed by atoms with Gasteiger partial charge in [0.25, 0.3) is 0 Å². The van der Waals surface area contributed by atoms with Crippen LogP contribution < -0.4 is 0 Å². The fourth-order valence-electron chi connectivity index (χ4n) is 1.58. The number of hydrogen-bond acceptors (Lipinski definition) is 1. The van der Waals surface area contributed by atoms with E-state index in [9.17, 15) is 0 Å². The van der Waals surface area contributed by atoms with E-state index in [1.807, 2.05) is 0 Å². The Morgan fingerprint density at radius 1 is 1.27 bits per heavy atom. The molecule has 1 aliphatic heterocycles. The minimum absolute atomic E-state index is 0.552. The van der Waals surface area contributed by atoms with Crippen LogP contribution in [-0.4, -0.2) is 12.7 Å². The van der Waals surface area contributed by atoms with E-state index in [1.54, 1.807) is 0 Å². The van der Waals surface area contributed by atoms with Crippen molar-refractivity contribution in [1.29, 1.82) is 0 Å². The van der Waals surface area contributed by atoms with Crippen molar-refractivity contribution in [3.8, 4) is 0 Å². The van der Waals surface area contributed by atoms with Crippen LogP contribution in [0, 0.1) is 5.92 Å². The van der Waals surface area contributed by atoms with Gasteiger partial charge in [0, 0.05) is 5.92 Å². The predicted molar refractivity (Wildman–Crippen MR) is 47.7 cm³/mol. The Morgan fingerprint density at radius 3 is 2.55 bits per heavy atom. The van der Waals surface area contributed by atoms with Gasteiger partial charge in [-0.25, -0.2) is 0 Å². The van der Waals surface area contributed by atoms with E-state index in [0.717, 1.165) is 12.5 Å². The molecule has 66 valence electrons. The largest absolute Gasteiger partial charge is 0.378 e. The molecule has 0 aromatic rings. The summed E-state index contributed by atoms with van der Waals surface area (Å²) in [5.74, 6) is 0.881. The lowest BCUT2D eigenvalue weighted by Gasteiger charge is -2.34. The Morgan fingerprint density at radius 2 is 2.09 bits per heavy atom. The molecule has 0 aromatic heterocycles. The lowest BCUT2D eigenvalue weighted by Crippen LogP contribution is -2.36. The Bertz CT molecular complexity index is 101. The zero-order chi connectivity index (χ0) is 8.10. The highest BCUT2D eigenvalue weighted by atomic mass is 16.5. The monoisotopic (exact) mass is 156 g/mol. The summed E-state index contributed by atoms with van der Waals surface area (Å²) in [7, 11) is 0. The fourth-order valence-corrected chi connectivity index (χ4v) is 1.58. The average Bonchev–Trinajstić information content (AvgIpc) is 2.02. The first-order valence-electron chi connectivity index (χ1n) is 4.96. The first kappa shape index (κ1) is 9.05. The molecule has 0 aromatic carbocycles. The summed E-state index contributed by atoms with van der Waals surface area (Å²) in [5, 5.41) is 0. The van der Waals surface area contributed by atoms with Gasteiger partial charge in [0.1, 0.15) is 0 Å². The Labute approximate surface area is 70.1 Å². The van der Waals surface area contributed by atoms with E-state index in [-0.39, 0.29) is 0 Å². The highest BCUT2D eigenvalue weighted by Crippen LogP contribution is 2.25. The van der Waals surface area contributed by atoms with Crippen LogP contribution in [0.25, 0.3) is 0 Å². The number of rotatable bonds is 5. The third kappa shape index (κ3) is 2.82. The summed E-state index contributed by atoms with van der Waals surface area (Å²) in [4.78, 5) is 0. The normalized spacial score (nSPS) is 30.0. The molecule has 1 heteroatoms. The highest BCUT2D eigenvalue weighted by molar-refractivity contribution is 4.74. The number of ether oxygens (including phenoxy) is 1. The fraction of sp³-hybridized carbons (Fsp3) is 1.00. The minimum Gasteiger partial charge on any atom is -0.378 e. The van der Waals surface area contributed by atoms with E-state index < -0.39 is 0 Å². The van der Waals surface area contributed by atoms with Gasteiger partial charge in [-0.05, 0) is 13.3 Å². The van der Waals surface area contributed by atoms with Crippen molar-refractivity contribution >= 4 is 0 Å². The van der Waals surface area contributed by atoms with Gasteiger partial charge in [-0.2, -0.15) is 0 Å². The minimum atomic E-state index is 0.552.